The number of aromatic nitrogens is 3. The van der Waals surface area contributed by atoms with Crippen LogP contribution in [-0.2, 0) is 6.18 Å². The van der Waals surface area contributed by atoms with E-state index in [-0.39, 0.29) is 0 Å². The number of nitrogens with zero attached hydrogens (tertiary/aromatic N) is 2. The molecule has 1 N–H and O–H groups in total. The van der Waals surface area contributed by atoms with Crippen molar-refractivity contribution in [3.8, 4) is 17.0 Å². The Hall–Kier alpha value is -2.57. The molecular formula is C14H10F3N3O. The Bertz CT molecular complexity index is 796. The summed E-state index contributed by atoms with van der Waals surface area (Å²) in [5.74, 6) is 0.402. The van der Waals surface area contributed by atoms with Crippen molar-refractivity contribution in [2.24, 2.45) is 0 Å². The number of hydrogen-bond acceptors (Lipinski definition) is 3. The highest BCUT2D eigenvalue weighted by atomic mass is 19.4. The van der Waals surface area contributed by atoms with Crippen LogP contribution in [0.5, 0.6) is 5.75 Å². The third-order valence-corrected chi connectivity index (χ3v) is 3.13. The zero-order chi connectivity index (χ0) is 15.0. The number of aromatic amines is 1. The molecular weight excluding hydrogens is 283 g/mol. The molecule has 1 aromatic carbocycles. The molecule has 0 saturated heterocycles. The lowest BCUT2D eigenvalue weighted by atomic mass is 10.0. The van der Waals surface area contributed by atoms with E-state index in [1.807, 2.05) is 0 Å². The fraction of sp³-hybridized carbons (Fsp3) is 0.143. The molecule has 0 saturated carbocycles. The first-order chi connectivity index (χ1) is 10.0. The zero-order valence-corrected chi connectivity index (χ0v) is 10.9. The normalized spacial score (nSPS) is 11.8. The number of benzene rings is 1. The number of halogens is 3. The van der Waals surface area contributed by atoms with Gasteiger partial charge in [-0.3, -0.25) is 10.1 Å². The maximum Gasteiger partial charge on any atom is 0.416 e. The van der Waals surface area contributed by atoms with Gasteiger partial charge in [-0.25, -0.2) is 0 Å². The molecule has 0 aliphatic carbocycles. The van der Waals surface area contributed by atoms with Gasteiger partial charge in [0.15, 0.2) is 0 Å². The Morgan fingerprint density at radius 1 is 1.24 bits per heavy atom. The summed E-state index contributed by atoms with van der Waals surface area (Å²) >= 11 is 0. The fourth-order valence-corrected chi connectivity index (χ4v) is 2.17. The minimum Gasteiger partial charge on any atom is -0.494 e. The average molecular weight is 293 g/mol. The Balaban J connectivity index is 2.33. The Morgan fingerprint density at radius 3 is 2.76 bits per heavy atom. The number of fused-ring (bicyclic) bond motifs is 1. The first-order valence-corrected chi connectivity index (χ1v) is 6.04. The topological polar surface area (TPSA) is 50.8 Å². The second-order valence-electron chi connectivity index (χ2n) is 4.41. The lowest BCUT2D eigenvalue weighted by Crippen LogP contribution is -2.05. The highest BCUT2D eigenvalue weighted by Crippen LogP contribution is 2.38. The van der Waals surface area contributed by atoms with Gasteiger partial charge in [0, 0.05) is 17.1 Å². The number of methoxy groups -OCH3 is 1. The SMILES string of the molecule is COc1cccnc1-c1cc(C(F)(F)F)cc2[nH]ncc12. The van der Waals surface area contributed by atoms with Crippen molar-refractivity contribution in [3.63, 3.8) is 0 Å². The van der Waals surface area contributed by atoms with Gasteiger partial charge in [0.1, 0.15) is 11.4 Å². The first kappa shape index (κ1) is 13.4. The van der Waals surface area contributed by atoms with Crippen molar-refractivity contribution in [1.82, 2.24) is 15.2 Å². The van der Waals surface area contributed by atoms with E-state index in [1.165, 1.54) is 19.5 Å². The van der Waals surface area contributed by atoms with Crippen LogP contribution < -0.4 is 4.74 Å². The molecule has 0 aliphatic rings. The van der Waals surface area contributed by atoms with Crippen molar-refractivity contribution in [1.29, 1.82) is 0 Å². The third-order valence-electron chi connectivity index (χ3n) is 3.13. The third kappa shape index (κ3) is 2.31. The van der Waals surface area contributed by atoms with Crippen LogP contribution in [0.25, 0.3) is 22.2 Å². The molecule has 0 spiro atoms. The van der Waals surface area contributed by atoms with Gasteiger partial charge in [-0.15, -0.1) is 0 Å². The predicted molar refractivity (Wildman–Crippen MR) is 70.9 cm³/mol. The number of H-pyrrole nitrogens is 1. The molecule has 21 heavy (non-hydrogen) atoms. The summed E-state index contributed by atoms with van der Waals surface area (Å²) < 4.78 is 44.2. The first-order valence-electron chi connectivity index (χ1n) is 6.04. The van der Waals surface area contributed by atoms with E-state index in [1.54, 1.807) is 12.1 Å². The Morgan fingerprint density at radius 2 is 2.05 bits per heavy atom. The van der Waals surface area contributed by atoms with Crippen LogP contribution in [0.2, 0.25) is 0 Å². The molecule has 0 amide bonds. The highest BCUT2D eigenvalue weighted by molar-refractivity contribution is 5.95. The second kappa shape index (κ2) is 4.76. The van der Waals surface area contributed by atoms with Gasteiger partial charge in [0.25, 0.3) is 0 Å². The van der Waals surface area contributed by atoms with Crippen LogP contribution in [0, 0.1) is 0 Å². The summed E-state index contributed by atoms with van der Waals surface area (Å²) in [7, 11) is 1.45. The quantitative estimate of drug-likeness (QED) is 0.784. The highest BCUT2D eigenvalue weighted by Gasteiger charge is 2.32. The lowest BCUT2D eigenvalue weighted by molar-refractivity contribution is -0.137. The van der Waals surface area contributed by atoms with Crippen LogP contribution >= 0.6 is 0 Å². The number of pyridine rings is 1. The van der Waals surface area contributed by atoms with Gasteiger partial charge in [0.2, 0.25) is 0 Å². The van der Waals surface area contributed by atoms with Gasteiger partial charge < -0.3 is 4.74 Å². The van der Waals surface area contributed by atoms with Crippen molar-refractivity contribution in [2.45, 2.75) is 6.18 Å². The fourth-order valence-electron chi connectivity index (χ4n) is 2.17. The molecule has 0 fully saturated rings. The number of alkyl halides is 3. The van der Waals surface area contributed by atoms with E-state index in [0.717, 1.165) is 12.1 Å². The molecule has 0 unspecified atom stereocenters. The number of ether oxygens (including phenoxy) is 1. The van der Waals surface area contributed by atoms with E-state index >= 15 is 0 Å². The minimum atomic E-state index is -4.45. The Kier molecular flexibility index (Phi) is 3.04. The monoisotopic (exact) mass is 293 g/mol. The van der Waals surface area contributed by atoms with Crippen molar-refractivity contribution in [2.75, 3.05) is 7.11 Å². The van der Waals surface area contributed by atoms with Crippen molar-refractivity contribution < 1.29 is 17.9 Å². The summed E-state index contributed by atoms with van der Waals surface area (Å²) in [6.45, 7) is 0. The van der Waals surface area contributed by atoms with Crippen LogP contribution in [-0.4, -0.2) is 22.3 Å². The molecule has 108 valence electrons. The summed E-state index contributed by atoms with van der Waals surface area (Å²) in [6.07, 6.45) is -1.47. The van der Waals surface area contributed by atoms with Gasteiger partial charge in [-0.2, -0.15) is 18.3 Å². The van der Waals surface area contributed by atoms with Gasteiger partial charge >= 0.3 is 6.18 Å². The molecule has 3 aromatic rings. The largest absolute Gasteiger partial charge is 0.494 e. The predicted octanol–water partition coefficient (Wildman–Crippen LogP) is 3.65. The lowest BCUT2D eigenvalue weighted by Gasteiger charge is -2.12. The van der Waals surface area contributed by atoms with E-state index in [0.29, 0.717) is 27.9 Å². The molecule has 4 nitrogen and oxygen atoms in total. The van der Waals surface area contributed by atoms with Gasteiger partial charge in [-0.05, 0) is 24.3 Å². The number of hydrogen-bond donors (Lipinski definition) is 1. The van der Waals surface area contributed by atoms with E-state index in [2.05, 4.69) is 15.2 Å². The number of rotatable bonds is 2. The van der Waals surface area contributed by atoms with Crippen LogP contribution in [0.3, 0.4) is 0 Å². The minimum absolute atomic E-state index is 0.299. The van der Waals surface area contributed by atoms with Crippen molar-refractivity contribution in [3.05, 3.63) is 42.2 Å². The van der Waals surface area contributed by atoms with E-state index in [9.17, 15) is 13.2 Å². The standard InChI is InChI=1S/C14H10F3N3O/c1-21-12-3-2-4-18-13(12)9-5-8(14(15,16)17)6-11-10(9)7-19-20-11/h2-7H,1H3,(H,19,20). The smallest absolute Gasteiger partial charge is 0.416 e. The molecule has 0 atom stereocenters. The summed E-state index contributed by atoms with van der Waals surface area (Å²) in [4.78, 5) is 4.14. The van der Waals surface area contributed by atoms with Gasteiger partial charge in [0.05, 0.1) is 24.4 Å². The average Bonchev–Trinajstić information content (AvgIpc) is 2.93. The maximum atomic E-state index is 13.0. The van der Waals surface area contributed by atoms with E-state index < -0.39 is 11.7 Å². The molecule has 7 heteroatoms. The van der Waals surface area contributed by atoms with Gasteiger partial charge in [-0.1, -0.05) is 0 Å². The van der Waals surface area contributed by atoms with Crippen LogP contribution in [0.4, 0.5) is 13.2 Å². The molecule has 2 aromatic heterocycles. The second-order valence-corrected chi connectivity index (χ2v) is 4.41. The van der Waals surface area contributed by atoms with E-state index in [4.69, 9.17) is 4.74 Å². The summed E-state index contributed by atoms with van der Waals surface area (Å²) in [6, 6.07) is 5.39. The molecule has 3 rings (SSSR count). The maximum absolute atomic E-state index is 13.0. The zero-order valence-electron chi connectivity index (χ0n) is 10.9. The number of nitrogens with one attached hydrogen (secondary N) is 1. The molecule has 0 bridgehead atoms. The molecule has 0 radical (unpaired) electrons. The summed E-state index contributed by atoms with van der Waals surface area (Å²) in [5.41, 5.74) is 0.206. The Labute approximate surface area is 117 Å². The summed E-state index contributed by atoms with van der Waals surface area (Å²) in [5, 5.41) is 6.92. The van der Waals surface area contributed by atoms with Crippen molar-refractivity contribution >= 4 is 10.9 Å². The molecule has 0 aliphatic heterocycles. The molecule has 2 heterocycles. The van der Waals surface area contributed by atoms with Crippen LogP contribution in [0.15, 0.2) is 36.7 Å². The van der Waals surface area contributed by atoms with Crippen LogP contribution in [0.1, 0.15) is 5.56 Å².